The van der Waals surface area contributed by atoms with Crippen LogP contribution in [0, 0.1) is 0 Å². The smallest absolute Gasteiger partial charge is 0.258 e. The van der Waals surface area contributed by atoms with Gasteiger partial charge in [-0.15, -0.1) is 11.3 Å². The zero-order valence-corrected chi connectivity index (χ0v) is 15.1. The summed E-state index contributed by atoms with van der Waals surface area (Å²) in [5.74, 6) is -0.178. The van der Waals surface area contributed by atoms with Crippen molar-refractivity contribution in [1.82, 2.24) is 14.9 Å². The van der Waals surface area contributed by atoms with Crippen molar-refractivity contribution >= 4 is 33.5 Å². The van der Waals surface area contributed by atoms with E-state index in [2.05, 4.69) is 19.9 Å². The summed E-state index contributed by atoms with van der Waals surface area (Å²) in [5.41, 5.74) is 1.21. The minimum Gasteiger partial charge on any atom is -0.494 e. The monoisotopic (exact) mass is 368 g/mol. The van der Waals surface area contributed by atoms with Crippen LogP contribution in [0.25, 0.3) is 10.8 Å². The average molecular weight is 368 g/mol. The normalized spacial score (nSPS) is 15.8. The molecule has 134 valence electrons. The number of aromatic amines is 1. The number of piperidine rings is 1. The van der Waals surface area contributed by atoms with Gasteiger partial charge in [0.15, 0.2) is 0 Å². The fraction of sp³-hybridized carbons (Fsp3) is 0.316. The number of aromatic hydroxyl groups is 1. The standard InChI is InChI=1S/C19H20N4O2S/c24-17-15-7-3-2-6-14(15)16(18(25)22-17)10-20-19-21-13(12-26-19)11-23-8-4-1-5-9-23/h2-3,6-7,10,12H,1,4-5,8-9,11H2,(H2,22,24,25)/b20-10+. The molecule has 1 saturated heterocycles. The third kappa shape index (κ3) is 3.54. The van der Waals surface area contributed by atoms with Crippen molar-refractivity contribution in [3.63, 3.8) is 0 Å². The van der Waals surface area contributed by atoms with Gasteiger partial charge in [0.2, 0.25) is 11.0 Å². The Morgan fingerprint density at radius 3 is 2.81 bits per heavy atom. The summed E-state index contributed by atoms with van der Waals surface area (Å²) in [5, 5.41) is 14.0. The molecule has 6 nitrogen and oxygen atoms in total. The lowest BCUT2D eigenvalue weighted by molar-refractivity contribution is 0.219. The van der Waals surface area contributed by atoms with Crippen molar-refractivity contribution in [1.29, 1.82) is 0 Å². The number of hydrogen-bond donors (Lipinski definition) is 2. The van der Waals surface area contributed by atoms with Crippen molar-refractivity contribution in [2.24, 2.45) is 4.99 Å². The summed E-state index contributed by atoms with van der Waals surface area (Å²) in [7, 11) is 0. The maximum atomic E-state index is 11.9. The molecule has 0 amide bonds. The third-order valence-corrected chi connectivity index (χ3v) is 5.42. The molecule has 0 atom stereocenters. The Hall–Kier alpha value is -2.51. The second-order valence-corrected chi connectivity index (χ2v) is 7.31. The molecule has 0 spiro atoms. The maximum Gasteiger partial charge on any atom is 0.258 e. The molecule has 1 aliphatic rings. The molecule has 3 aromatic rings. The number of aliphatic imine (C=N–C) groups is 1. The van der Waals surface area contributed by atoms with Gasteiger partial charge in [-0.25, -0.2) is 9.98 Å². The van der Waals surface area contributed by atoms with E-state index in [0.717, 1.165) is 25.3 Å². The number of nitrogens with zero attached hydrogens (tertiary/aromatic N) is 3. The van der Waals surface area contributed by atoms with Crippen LogP contribution in [0.5, 0.6) is 5.88 Å². The Kier molecular flexibility index (Phi) is 4.81. The number of benzene rings is 1. The second kappa shape index (κ2) is 7.39. The summed E-state index contributed by atoms with van der Waals surface area (Å²) in [6.45, 7) is 3.12. The van der Waals surface area contributed by atoms with Crippen LogP contribution in [0.4, 0.5) is 5.13 Å². The van der Waals surface area contributed by atoms with Gasteiger partial charge < -0.3 is 5.11 Å². The molecular formula is C19H20N4O2S. The number of fused-ring (bicyclic) bond motifs is 1. The third-order valence-electron chi connectivity index (χ3n) is 4.63. The van der Waals surface area contributed by atoms with E-state index in [0.29, 0.717) is 21.5 Å². The highest BCUT2D eigenvalue weighted by molar-refractivity contribution is 7.13. The quantitative estimate of drug-likeness (QED) is 0.691. The first-order valence-corrected chi connectivity index (χ1v) is 9.63. The molecule has 2 aromatic heterocycles. The van der Waals surface area contributed by atoms with Crippen LogP contribution in [-0.2, 0) is 6.54 Å². The summed E-state index contributed by atoms with van der Waals surface area (Å²) < 4.78 is 0. The summed E-state index contributed by atoms with van der Waals surface area (Å²) in [6.07, 6.45) is 5.40. The van der Waals surface area contributed by atoms with Crippen molar-refractivity contribution in [3.05, 3.63) is 51.3 Å². The molecule has 1 aliphatic heterocycles. The number of H-pyrrole nitrogens is 1. The van der Waals surface area contributed by atoms with Crippen LogP contribution in [0.15, 0.2) is 39.4 Å². The van der Waals surface area contributed by atoms with Gasteiger partial charge in [0.05, 0.1) is 11.3 Å². The van der Waals surface area contributed by atoms with E-state index in [1.165, 1.54) is 30.6 Å². The van der Waals surface area contributed by atoms with E-state index in [1.807, 2.05) is 11.4 Å². The van der Waals surface area contributed by atoms with Crippen LogP contribution in [0.2, 0.25) is 0 Å². The molecule has 1 aromatic carbocycles. The molecule has 1 fully saturated rings. The number of hydrogen-bond acceptors (Lipinski definition) is 6. The topological polar surface area (TPSA) is 81.6 Å². The van der Waals surface area contributed by atoms with Gasteiger partial charge in [-0.1, -0.05) is 24.6 Å². The lowest BCUT2D eigenvalue weighted by Crippen LogP contribution is -2.29. The van der Waals surface area contributed by atoms with Crippen molar-refractivity contribution < 1.29 is 5.11 Å². The van der Waals surface area contributed by atoms with E-state index in [9.17, 15) is 9.90 Å². The van der Waals surface area contributed by atoms with Gasteiger partial charge in [0.1, 0.15) is 0 Å². The first-order chi connectivity index (χ1) is 12.7. The summed E-state index contributed by atoms with van der Waals surface area (Å²) >= 11 is 1.48. The van der Waals surface area contributed by atoms with E-state index in [4.69, 9.17) is 0 Å². The molecule has 0 aliphatic carbocycles. The molecule has 2 N–H and O–H groups in total. The zero-order valence-electron chi connectivity index (χ0n) is 14.3. The molecule has 7 heteroatoms. The van der Waals surface area contributed by atoms with Gasteiger partial charge in [-0.2, -0.15) is 0 Å². The van der Waals surface area contributed by atoms with Gasteiger partial charge in [-0.3, -0.25) is 14.7 Å². The van der Waals surface area contributed by atoms with Crippen LogP contribution >= 0.6 is 11.3 Å². The summed E-state index contributed by atoms with van der Waals surface area (Å²) in [4.78, 5) is 25.8. The number of pyridine rings is 1. The van der Waals surface area contributed by atoms with Crippen molar-refractivity contribution in [3.8, 4) is 5.88 Å². The van der Waals surface area contributed by atoms with Gasteiger partial charge in [0.25, 0.3) is 5.56 Å². The maximum absolute atomic E-state index is 11.9. The molecule has 0 unspecified atom stereocenters. The second-order valence-electron chi connectivity index (χ2n) is 6.48. The largest absolute Gasteiger partial charge is 0.494 e. The first kappa shape index (κ1) is 16.9. The Labute approximate surface area is 154 Å². The average Bonchev–Trinajstić information content (AvgIpc) is 3.10. The highest BCUT2D eigenvalue weighted by atomic mass is 32.1. The van der Waals surface area contributed by atoms with Crippen molar-refractivity contribution in [2.75, 3.05) is 13.1 Å². The van der Waals surface area contributed by atoms with Gasteiger partial charge >= 0.3 is 0 Å². The Balaban J connectivity index is 1.57. The molecule has 0 radical (unpaired) electrons. The molecule has 0 saturated carbocycles. The van der Waals surface area contributed by atoms with Crippen molar-refractivity contribution in [2.45, 2.75) is 25.8 Å². The van der Waals surface area contributed by atoms with E-state index in [-0.39, 0.29) is 11.4 Å². The molecule has 4 rings (SSSR count). The minimum atomic E-state index is -0.312. The Morgan fingerprint density at radius 1 is 1.23 bits per heavy atom. The molecule has 0 bridgehead atoms. The highest BCUT2D eigenvalue weighted by Gasteiger charge is 2.12. The predicted molar refractivity (Wildman–Crippen MR) is 105 cm³/mol. The molecule has 3 heterocycles. The zero-order chi connectivity index (χ0) is 17.9. The Bertz CT molecular complexity index is 1000. The number of likely N-dealkylation sites (tertiary alicyclic amines) is 1. The van der Waals surface area contributed by atoms with Crippen LogP contribution in [0.3, 0.4) is 0 Å². The van der Waals surface area contributed by atoms with E-state index >= 15 is 0 Å². The van der Waals surface area contributed by atoms with Crippen LogP contribution < -0.4 is 5.56 Å². The fourth-order valence-electron chi connectivity index (χ4n) is 3.31. The van der Waals surface area contributed by atoms with Crippen LogP contribution in [0.1, 0.15) is 30.5 Å². The number of thiazole rings is 1. The summed E-state index contributed by atoms with van der Waals surface area (Å²) in [6, 6.07) is 7.16. The lowest BCUT2D eigenvalue weighted by atomic mass is 10.1. The number of aromatic nitrogens is 2. The predicted octanol–water partition coefficient (Wildman–Crippen LogP) is 3.43. The SMILES string of the molecule is O=c1[nH]c(O)c(/C=N/c2nc(CN3CCCCC3)cs2)c2ccccc12. The minimum absolute atomic E-state index is 0.178. The molecular weight excluding hydrogens is 348 g/mol. The number of rotatable bonds is 4. The van der Waals surface area contributed by atoms with Gasteiger partial charge in [0, 0.05) is 28.9 Å². The highest BCUT2D eigenvalue weighted by Crippen LogP contribution is 2.24. The fourth-order valence-corrected chi connectivity index (χ4v) is 3.96. The van der Waals surface area contributed by atoms with Crippen LogP contribution in [-0.4, -0.2) is 39.3 Å². The number of nitrogens with one attached hydrogen (secondary N) is 1. The van der Waals surface area contributed by atoms with Gasteiger partial charge in [-0.05, 0) is 32.0 Å². The first-order valence-electron chi connectivity index (χ1n) is 8.75. The van der Waals surface area contributed by atoms with E-state index in [1.54, 1.807) is 24.4 Å². The lowest BCUT2D eigenvalue weighted by Gasteiger charge is -2.25. The van der Waals surface area contributed by atoms with E-state index < -0.39 is 0 Å². The Morgan fingerprint density at radius 2 is 2.00 bits per heavy atom. The molecule has 26 heavy (non-hydrogen) atoms.